The lowest BCUT2D eigenvalue weighted by Crippen LogP contribution is -2.29. The summed E-state index contributed by atoms with van der Waals surface area (Å²) in [5.41, 5.74) is 0. The van der Waals surface area contributed by atoms with Gasteiger partial charge < -0.3 is 0 Å². The maximum Gasteiger partial charge on any atom is 0.0668 e. The maximum atomic E-state index is 12.0. The number of hydrogen-bond acceptors (Lipinski definition) is 2. The molecule has 0 aromatic heterocycles. The van der Waals surface area contributed by atoms with E-state index in [1.807, 2.05) is 0 Å². The molecule has 0 spiro atoms. The molecule has 0 N–H and O–H groups in total. The Bertz CT molecular complexity index is 257. The Morgan fingerprint density at radius 1 is 1.40 bits per heavy atom. The molecule has 0 bridgehead atoms. The first-order chi connectivity index (χ1) is 7.15. The molecule has 3 unspecified atom stereocenters. The van der Waals surface area contributed by atoms with Gasteiger partial charge in [-0.1, -0.05) is 26.7 Å². The summed E-state index contributed by atoms with van der Waals surface area (Å²) in [5, 5.41) is 9.16. The lowest BCUT2D eigenvalue weighted by molar-refractivity contribution is 0.430. The van der Waals surface area contributed by atoms with Crippen molar-refractivity contribution >= 4 is 10.8 Å². The van der Waals surface area contributed by atoms with Crippen LogP contribution in [0.15, 0.2) is 0 Å². The minimum atomic E-state index is -0.779. The van der Waals surface area contributed by atoms with Crippen LogP contribution in [0.1, 0.15) is 46.0 Å². The lowest BCUT2D eigenvalue weighted by atomic mass is 9.90. The van der Waals surface area contributed by atoms with Crippen molar-refractivity contribution in [3.63, 3.8) is 0 Å². The van der Waals surface area contributed by atoms with Crippen molar-refractivity contribution in [2.24, 2.45) is 11.8 Å². The molecule has 3 atom stereocenters. The molecule has 0 aromatic carbocycles. The third-order valence-electron chi connectivity index (χ3n) is 3.10. The smallest absolute Gasteiger partial charge is 0.0668 e. The van der Waals surface area contributed by atoms with Gasteiger partial charge in [-0.15, -0.1) is 0 Å². The van der Waals surface area contributed by atoms with Gasteiger partial charge in [-0.05, 0) is 25.2 Å². The Morgan fingerprint density at radius 3 is 2.67 bits per heavy atom. The van der Waals surface area contributed by atoms with Gasteiger partial charge in [0, 0.05) is 16.6 Å². The molecular weight excluding hydrogens is 206 g/mol. The van der Waals surface area contributed by atoms with E-state index >= 15 is 0 Å². The average molecular weight is 227 g/mol. The van der Waals surface area contributed by atoms with Gasteiger partial charge in [0.2, 0.25) is 0 Å². The van der Waals surface area contributed by atoms with E-state index in [1.54, 1.807) is 0 Å². The SMILES string of the molecule is CC(C)CCS(=O)C1CCCCC1C#N. The van der Waals surface area contributed by atoms with E-state index in [1.165, 1.54) is 0 Å². The quantitative estimate of drug-likeness (QED) is 0.741. The second kappa shape index (κ2) is 6.27. The molecule has 2 nitrogen and oxygen atoms in total. The second-order valence-corrected chi connectivity index (χ2v) is 6.60. The van der Waals surface area contributed by atoms with Crippen LogP contribution in [-0.2, 0) is 10.8 Å². The van der Waals surface area contributed by atoms with Crippen LogP contribution in [0.25, 0.3) is 0 Å². The van der Waals surface area contributed by atoms with E-state index in [0.29, 0.717) is 5.92 Å². The molecule has 0 amide bonds. The average Bonchev–Trinajstić information content (AvgIpc) is 2.25. The van der Waals surface area contributed by atoms with Crippen LogP contribution in [0.4, 0.5) is 0 Å². The Labute approximate surface area is 95.5 Å². The zero-order valence-electron chi connectivity index (χ0n) is 9.74. The third-order valence-corrected chi connectivity index (χ3v) is 4.98. The van der Waals surface area contributed by atoms with Crippen LogP contribution in [0.2, 0.25) is 0 Å². The predicted molar refractivity (Wildman–Crippen MR) is 63.8 cm³/mol. The summed E-state index contributed by atoms with van der Waals surface area (Å²) in [6.07, 6.45) is 5.24. The van der Waals surface area contributed by atoms with Crippen molar-refractivity contribution in [3.05, 3.63) is 0 Å². The Balaban J connectivity index is 2.46. The number of rotatable bonds is 4. The van der Waals surface area contributed by atoms with E-state index < -0.39 is 10.8 Å². The van der Waals surface area contributed by atoms with Crippen molar-refractivity contribution in [2.45, 2.75) is 51.2 Å². The largest absolute Gasteiger partial charge is 0.259 e. The molecule has 1 saturated carbocycles. The van der Waals surface area contributed by atoms with E-state index in [9.17, 15) is 4.21 Å². The summed E-state index contributed by atoms with van der Waals surface area (Å²) in [6.45, 7) is 4.31. The van der Waals surface area contributed by atoms with Gasteiger partial charge in [-0.25, -0.2) is 0 Å². The molecule has 86 valence electrons. The lowest BCUT2D eigenvalue weighted by Gasteiger charge is -2.26. The van der Waals surface area contributed by atoms with Gasteiger partial charge >= 0.3 is 0 Å². The van der Waals surface area contributed by atoms with Gasteiger partial charge in [-0.3, -0.25) is 4.21 Å². The van der Waals surface area contributed by atoms with Crippen molar-refractivity contribution < 1.29 is 4.21 Å². The Hall–Kier alpha value is -0.360. The second-order valence-electron chi connectivity index (χ2n) is 4.83. The summed E-state index contributed by atoms with van der Waals surface area (Å²) in [5.74, 6) is 1.44. The molecule has 0 aliphatic heterocycles. The summed E-state index contributed by atoms with van der Waals surface area (Å²) in [6, 6.07) is 2.33. The van der Waals surface area contributed by atoms with Crippen LogP contribution in [-0.4, -0.2) is 15.2 Å². The summed E-state index contributed by atoms with van der Waals surface area (Å²) in [7, 11) is -0.779. The van der Waals surface area contributed by atoms with Crippen LogP contribution in [0.3, 0.4) is 0 Å². The van der Waals surface area contributed by atoms with Gasteiger partial charge in [-0.2, -0.15) is 5.26 Å². The summed E-state index contributed by atoms with van der Waals surface area (Å²) in [4.78, 5) is 0. The fourth-order valence-electron chi connectivity index (χ4n) is 2.06. The van der Waals surface area contributed by atoms with Gasteiger partial charge in [0.05, 0.1) is 17.2 Å². The van der Waals surface area contributed by atoms with E-state index in [4.69, 9.17) is 5.26 Å². The minimum Gasteiger partial charge on any atom is -0.259 e. The fourth-order valence-corrected chi connectivity index (χ4v) is 4.06. The molecule has 1 aliphatic carbocycles. The van der Waals surface area contributed by atoms with Gasteiger partial charge in [0.15, 0.2) is 0 Å². The van der Waals surface area contributed by atoms with Gasteiger partial charge in [0.25, 0.3) is 0 Å². The van der Waals surface area contributed by atoms with Crippen LogP contribution < -0.4 is 0 Å². The van der Waals surface area contributed by atoms with E-state index in [2.05, 4.69) is 19.9 Å². The summed E-state index contributed by atoms with van der Waals surface area (Å²) < 4.78 is 12.0. The van der Waals surface area contributed by atoms with Crippen LogP contribution in [0, 0.1) is 23.2 Å². The zero-order chi connectivity index (χ0) is 11.3. The van der Waals surface area contributed by atoms with E-state index in [-0.39, 0.29) is 11.2 Å². The van der Waals surface area contributed by atoms with Crippen LogP contribution in [0.5, 0.6) is 0 Å². The fraction of sp³-hybridized carbons (Fsp3) is 0.917. The highest BCUT2D eigenvalue weighted by atomic mass is 32.2. The van der Waals surface area contributed by atoms with Gasteiger partial charge in [0.1, 0.15) is 0 Å². The zero-order valence-corrected chi connectivity index (χ0v) is 10.6. The monoisotopic (exact) mass is 227 g/mol. The highest BCUT2D eigenvalue weighted by Gasteiger charge is 2.29. The van der Waals surface area contributed by atoms with E-state index in [0.717, 1.165) is 37.9 Å². The first-order valence-electron chi connectivity index (χ1n) is 5.92. The Morgan fingerprint density at radius 2 is 2.07 bits per heavy atom. The van der Waals surface area contributed by atoms with Crippen molar-refractivity contribution in [3.8, 4) is 6.07 Å². The molecule has 0 aromatic rings. The van der Waals surface area contributed by atoms with Crippen LogP contribution >= 0.6 is 0 Å². The molecule has 0 heterocycles. The normalized spacial score (nSPS) is 28.7. The van der Waals surface area contributed by atoms with Crippen molar-refractivity contribution in [2.75, 3.05) is 5.75 Å². The first-order valence-corrected chi connectivity index (χ1v) is 7.30. The molecular formula is C12H21NOS. The first kappa shape index (κ1) is 12.7. The molecule has 15 heavy (non-hydrogen) atoms. The number of hydrogen-bond donors (Lipinski definition) is 0. The van der Waals surface area contributed by atoms with Crippen molar-refractivity contribution in [1.82, 2.24) is 0 Å². The standard InChI is InChI=1S/C12H21NOS/c1-10(2)7-8-15(14)12-6-4-3-5-11(12)9-13/h10-12H,3-8H2,1-2H3. The molecule has 0 saturated heterocycles. The van der Waals surface area contributed by atoms with Crippen molar-refractivity contribution in [1.29, 1.82) is 5.26 Å². The maximum absolute atomic E-state index is 12.0. The molecule has 1 rings (SSSR count). The minimum absolute atomic E-state index is 0.0479. The Kier molecular flexibility index (Phi) is 5.31. The third kappa shape index (κ3) is 3.95. The molecule has 1 aliphatic rings. The highest BCUT2D eigenvalue weighted by Crippen LogP contribution is 2.28. The number of nitriles is 1. The molecule has 3 heteroatoms. The summed E-state index contributed by atoms with van der Waals surface area (Å²) >= 11 is 0. The topological polar surface area (TPSA) is 40.9 Å². The predicted octanol–water partition coefficient (Wildman–Crippen LogP) is 2.86. The molecule has 0 radical (unpaired) electrons. The highest BCUT2D eigenvalue weighted by molar-refractivity contribution is 7.85. The number of nitrogens with zero attached hydrogens (tertiary/aromatic N) is 1. The molecule has 1 fully saturated rings.